The van der Waals surface area contributed by atoms with Crippen LogP contribution in [0.2, 0.25) is 0 Å². The van der Waals surface area contributed by atoms with Crippen molar-refractivity contribution in [2.75, 3.05) is 31.0 Å². The quantitative estimate of drug-likeness (QED) is 0.245. The van der Waals surface area contributed by atoms with Crippen LogP contribution in [0.4, 0.5) is 28.9 Å². The first kappa shape index (κ1) is 35.6. The van der Waals surface area contributed by atoms with Crippen LogP contribution in [0, 0.1) is 23.6 Å². The van der Waals surface area contributed by atoms with Crippen molar-refractivity contribution in [3.05, 3.63) is 58.4 Å². The minimum atomic E-state index is -4.89. The molecule has 2 aromatic rings. The maximum atomic E-state index is 13.6. The van der Waals surface area contributed by atoms with Gasteiger partial charge in [0.15, 0.2) is 0 Å². The number of nitrogens with one attached hydrogen (secondary N) is 3. The molecule has 5 rings (SSSR count). The van der Waals surface area contributed by atoms with Crippen LogP contribution < -0.4 is 20.7 Å². The van der Waals surface area contributed by atoms with Gasteiger partial charge in [-0.15, -0.1) is 0 Å². The van der Waals surface area contributed by atoms with Crippen molar-refractivity contribution >= 4 is 35.0 Å². The summed E-state index contributed by atoms with van der Waals surface area (Å²) < 4.78 is 63.6. The smallest absolute Gasteiger partial charge is 0.419 e. The first-order chi connectivity index (χ1) is 21.9. The molecule has 0 radical (unpaired) electrons. The highest BCUT2D eigenvalue weighted by molar-refractivity contribution is 8.02. The lowest BCUT2D eigenvalue weighted by Crippen LogP contribution is -2.42. The number of carbonyl (C=O) groups is 2. The molecule has 4 atom stereocenters. The van der Waals surface area contributed by atoms with Gasteiger partial charge in [0.1, 0.15) is 11.6 Å². The van der Waals surface area contributed by atoms with E-state index in [1.807, 2.05) is 18.4 Å². The van der Waals surface area contributed by atoms with Crippen molar-refractivity contribution in [2.24, 2.45) is 17.8 Å². The number of thioether (sulfide) groups is 1. The highest BCUT2D eigenvalue weighted by Gasteiger charge is 2.37. The van der Waals surface area contributed by atoms with E-state index in [0.29, 0.717) is 47.6 Å². The van der Waals surface area contributed by atoms with E-state index in [4.69, 9.17) is 9.47 Å². The molecule has 2 aliphatic heterocycles. The number of alkyl halides is 3. The maximum absolute atomic E-state index is 13.6. The first-order valence-electron chi connectivity index (χ1n) is 15.8. The fourth-order valence-electron chi connectivity index (χ4n) is 6.20. The second-order valence-electron chi connectivity index (χ2n) is 12.1. The molecule has 1 aliphatic carbocycles. The molecule has 12 heteroatoms. The van der Waals surface area contributed by atoms with Gasteiger partial charge in [-0.1, -0.05) is 44.9 Å². The summed E-state index contributed by atoms with van der Waals surface area (Å²) in [6.45, 7) is 8.46. The lowest BCUT2D eigenvalue weighted by atomic mass is 9.89. The number of fused-ring (bicyclic) bond motifs is 1. The van der Waals surface area contributed by atoms with Crippen LogP contribution in [0.5, 0.6) is 5.75 Å². The first-order valence-corrected chi connectivity index (χ1v) is 16.7. The molecular formula is C34H43F4N3O4S. The zero-order valence-corrected chi connectivity index (χ0v) is 27.5. The van der Waals surface area contributed by atoms with Gasteiger partial charge in [-0.25, -0.2) is 4.39 Å². The van der Waals surface area contributed by atoms with Crippen molar-refractivity contribution in [3.8, 4) is 5.75 Å². The second kappa shape index (κ2) is 16.0. The number of allylic oxidation sites excluding steroid dienone is 1. The van der Waals surface area contributed by atoms with Crippen LogP contribution in [-0.4, -0.2) is 38.2 Å². The number of ether oxygens (including phenoxy) is 2. The standard InChI is InChI=1S/C24H23F4N3O3S.C10H20O/c1-12-11-35-21-18(29-12)8-9-19(34-2)20(21)23(33)31-17-5-3-4-14(17)22(32)30-13-6-7-16(25)15(10-13)24(26,27)28;1-3-5-10-6-9(4-2)7-11-8-10/h6-11,14,17,29H,3-5H2,1-2H3,(H,30,32)(H,31,33);9-10H,3-8H2,1-2H3/t14-,17?;/m0./s1. The lowest BCUT2D eigenvalue weighted by Gasteiger charge is -2.28. The Kier molecular flexibility index (Phi) is 12.4. The Hall–Kier alpha value is -3.25. The average molecular weight is 666 g/mol. The fraction of sp³-hybridized carbons (Fsp3) is 0.529. The Bertz CT molecular complexity index is 1420. The van der Waals surface area contributed by atoms with Crippen LogP contribution in [-0.2, 0) is 15.7 Å². The van der Waals surface area contributed by atoms with Gasteiger partial charge in [0, 0.05) is 30.6 Å². The zero-order valence-electron chi connectivity index (χ0n) is 26.7. The largest absolute Gasteiger partial charge is 0.496 e. The van der Waals surface area contributed by atoms with Crippen molar-refractivity contribution in [1.29, 1.82) is 0 Å². The number of benzene rings is 2. The zero-order chi connectivity index (χ0) is 33.4. The average Bonchev–Trinajstić information content (AvgIpc) is 3.49. The Morgan fingerprint density at radius 2 is 1.87 bits per heavy atom. The third kappa shape index (κ3) is 8.96. The fourth-order valence-corrected chi connectivity index (χ4v) is 7.12. The molecule has 1 saturated heterocycles. The van der Waals surface area contributed by atoms with Crippen LogP contribution in [0.3, 0.4) is 0 Å². The number of rotatable bonds is 8. The molecule has 46 heavy (non-hydrogen) atoms. The van der Waals surface area contributed by atoms with E-state index in [9.17, 15) is 27.2 Å². The highest BCUT2D eigenvalue weighted by Crippen LogP contribution is 2.41. The van der Waals surface area contributed by atoms with Gasteiger partial charge in [-0.3, -0.25) is 9.59 Å². The molecule has 0 spiro atoms. The van der Waals surface area contributed by atoms with Crippen LogP contribution in [0.25, 0.3) is 0 Å². The number of halogens is 4. The monoisotopic (exact) mass is 665 g/mol. The summed E-state index contributed by atoms with van der Waals surface area (Å²) in [6, 6.07) is 5.29. The van der Waals surface area contributed by atoms with Crippen molar-refractivity contribution in [2.45, 2.75) is 82.8 Å². The summed E-state index contributed by atoms with van der Waals surface area (Å²) in [4.78, 5) is 26.9. The molecule has 3 aliphatic rings. The minimum Gasteiger partial charge on any atom is -0.496 e. The summed E-state index contributed by atoms with van der Waals surface area (Å²) >= 11 is 1.39. The molecule has 2 aromatic carbocycles. The molecule has 1 saturated carbocycles. The van der Waals surface area contributed by atoms with Crippen LogP contribution in [0.15, 0.2) is 46.3 Å². The van der Waals surface area contributed by atoms with Gasteiger partial charge in [0.25, 0.3) is 5.91 Å². The number of carbonyl (C=O) groups excluding carboxylic acids is 2. The summed E-state index contributed by atoms with van der Waals surface area (Å²) in [5.74, 6) is -0.931. The topological polar surface area (TPSA) is 88.7 Å². The van der Waals surface area contributed by atoms with E-state index >= 15 is 0 Å². The molecule has 3 unspecified atom stereocenters. The van der Waals surface area contributed by atoms with Gasteiger partial charge in [-0.2, -0.15) is 13.2 Å². The van der Waals surface area contributed by atoms with E-state index in [0.717, 1.165) is 42.5 Å². The molecule has 2 fully saturated rings. The number of anilines is 2. The molecule has 252 valence electrons. The van der Waals surface area contributed by atoms with Gasteiger partial charge < -0.3 is 25.4 Å². The Morgan fingerprint density at radius 1 is 1.11 bits per heavy atom. The van der Waals surface area contributed by atoms with E-state index in [-0.39, 0.29) is 5.69 Å². The molecule has 7 nitrogen and oxygen atoms in total. The van der Waals surface area contributed by atoms with E-state index < -0.39 is 41.3 Å². The Morgan fingerprint density at radius 3 is 2.57 bits per heavy atom. The number of amides is 2. The van der Waals surface area contributed by atoms with Crippen molar-refractivity contribution in [1.82, 2.24) is 5.32 Å². The molecule has 3 N–H and O–H groups in total. The molecule has 2 heterocycles. The molecular weight excluding hydrogens is 622 g/mol. The van der Waals surface area contributed by atoms with Gasteiger partial charge in [-0.05, 0) is 80.2 Å². The lowest BCUT2D eigenvalue weighted by molar-refractivity contribution is -0.140. The normalized spacial score (nSPS) is 22.4. The number of hydrogen-bond donors (Lipinski definition) is 3. The van der Waals surface area contributed by atoms with Gasteiger partial charge in [0.05, 0.1) is 34.7 Å². The SMILES string of the molecule is CCCC1COCC(CC)C1.COc1ccc2c(c1C(=O)NC1CCC[C@@H]1C(=O)Nc1ccc(F)c(C(F)(F)F)c1)SC=C(C)N2. The van der Waals surface area contributed by atoms with Crippen LogP contribution >= 0.6 is 11.8 Å². The van der Waals surface area contributed by atoms with Gasteiger partial charge in [0.2, 0.25) is 5.91 Å². The highest BCUT2D eigenvalue weighted by atomic mass is 32.2. The number of hydrogen-bond acceptors (Lipinski definition) is 6. The van der Waals surface area contributed by atoms with E-state index in [2.05, 4.69) is 29.8 Å². The summed E-state index contributed by atoms with van der Waals surface area (Å²) in [7, 11) is 1.46. The molecule has 0 aromatic heterocycles. The van der Waals surface area contributed by atoms with Crippen molar-refractivity contribution in [3.63, 3.8) is 0 Å². The Labute approximate surface area is 272 Å². The predicted octanol–water partition coefficient (Wildman–Crippen LogP) is 8.62. The predicted molar refractivity (Wildman–Crippen MR) is 172 cm³/mol. The minimum absolute atomic E-state index is 0.163. The van der Waals surface area contributed by atoms with Gasteiger partial charge >= 0.3 is 6.18 Å². The van der Waals surface area contributed by atoms with E-state index in [1.165, 1.54) is 44.6 Å². The van der Waals surface area contributed by atoms with Crippen LogP contribution in [0.1, 0.15) is 81.6 Å². The van der Waals surface area contributed by atoms with Crippen molar-refractivity contribution < 1.29 is 36.6 Å². The maximum Gasteiger partial charge on any atom is 0.419 e. The Balaban J connectivity index is 0.000000369. The second-order valence-corrected chi connectivity index (χ2v) is 12.9. The summed E-state index contributed by atoms with van der Waals surface area (Å²) in [6.07, 6.45) is 2.12. The summed E-state index contributed by atoms with van der Waals surface area (Å²) in [5.41, 5.74) is 0.414. The molecule has 0 bridgehead atoms. The third-order valence-corrected chi connectivity index (χ3v) is 9.74. The molecule has 2 amide bonds. The third-order valence-electron chi connectivity index (χ3n) is 8.61. The van der Waals surface area contributed by atoms with E-state index in [1.54, 1.807) is 6.07 Å². The number of methoxy groups -OCH3 is 1. The summed E-state index contributed by atoms with van der Waals surface area (Å²) in [5, 5.41) is 10.4.